The third kappa shape index (κ3) is 5.23. The number of urea groups is 1. The molecule has 148 valence electrons. The van der Waals surface area contributed by atoms with E-state index in [1.807, 2.05) is 6.92 Å². The highest BCUT2D eigenvalue weighted by Crippen LogP contribution is 2.18. The molecule has 8 heteroatoms. The molecular weight excluding hydrogens is 372 g/mol. The van der Waals surface area contributed by atoms with Crippen LogP contribution in [0.2, 0.25) is 0 Å². The molecule has 0 bridgehead atoms. The predicted molar refractivity (Wildman–Crippen MR) is 109 cm³/mol. The van der Waals surface area contributed by atoms with Crippen LogP contribution in [0, 0.1) is 6.92 Å². The van der Waals surface area contributed by atoms with Crippen molar-refractivity contribution in [1.29, 1.82) is 0 Å². The van der Waals surface area contributed by atoms with Gasteiger partial charge in [0.15, 0.2) is 5.76 Å². The van der Waals surface area contributed by atoms with Crippen molar-refractivity contribution in [1.82, 2.24) is 5.32 Å². The number of hydrogen-bond donors (Lipinski definition) is 4. The van der Waals surface area contributed by atoms with Crippen LogP contribution in [0.1, 0.15) is 32.0 Å². The van der Waals surface area contributed by atoms with E-state index < -0.39 is 6.03 Å². The standard InChI is InChI=1S/C21H20N4O4/c1-13-4-7-15(11-17(13)25-20(27)18-3-2-10-29-18)19(26)23-12-14-5-8-16(9-6-14)24-21(22)28/h2-11H,12H2,1H3,(H,23,26)(H,25,27)(H3,22,24,28). The van der Waals surface area contributed by atoms with E-state index in [2.05, 4.69) is 16.0 Å². The zero-order valence-corrected chi connectivity index (χ0v) is 15.7. The van der Waals surface area contributed by atoms with Crippen molar-refractivity contribution in [3.63, 3.8) is 0 Å². The summed E-state index contributed by atoms with van der Waals surface area (Å²) in [4.78, 5) is 35.5. The van der Waals surface area contributed by atoms with Gasteiger partial charge in [-0.2, -0.15) is 0 Å². The fourth-order valence-electron chi connectivity index (χ4n) is 2.62. The SMILES string of the molecule is Cc1ccc(C(=O)NCc2ccc(NC(N)=O)cc2)cc1NC(=O)c1ccco1. The second-order valence-electron chi connectivity index (χ2n) is 6.33. The summed E-state index contributed by atoms with van der Waals surface area (Å²) in [5, 5.41) is 8.04. The van der Waals surface area contributed by atoms with E-state index in [-0.39, 0.29) is 17.6 Å². The summed E-state index contributed by atoms with van der Waals surface area (Å²) in [6.07, 6.45) is 1.42. The summed E-state index contributed by atoms with van der Waals surface area (Å²) >= 11 is 0. The maximum Gasteiger partial charge on any atom is 0.316 e. The molecule has 5 N–H and O–H groups in total. The smallest absolute Gasteiger partial charge is 0.316 e. The van der Waals surface area contributed by atoms with Gasteiger partial charge in [-0.15, -0.1) is 0 Å². The van der Waals surface area contributed by atoms with Gasteiger partial charge in [0.1, 0.15) is 0 Å². The lowest BCUT2D eigenvalue weighted by Crippen LogP contribution is -2.23. The number of rotatable bonds is 6. The van der Waals surface area contributed by atoms with Crippen molar-refractivity contribution in [3.8, 4) is 0 Å². The minimum atomic E-state index is -0.639. The molecule has 0 aliphatic carbocycles. The zero-order valence-electron chi connectivity index (χ0n) is 15.7. The zero-order chi connectivity index (χ0) is 20.8. The molecule has 0 atom stereocenters. The molecule has 4 amide bonds. The van der Waals surface area contributed by atoms with Crippen LogP contribution in [0.15, 0.2) is 65.3 Å². The van der Waals surface area contributed by atoms with Crippen molar-refractivity contribution in [2.75, 3.05) is 10.6 Å². The van der Waals surface area contributed by atoms with Crippen LogP contribution < -0.4 is 21.7 Å². The van der Waals surface area contributed by atoms with Crippen LogP contribution in [0.4, 0.5) is 16.2 Å². The van der Waals surface area contributed by atoms with E-state index >= 15 is 0 Å². The lowest BCUT2D eigenvalue weighted by molar-refractivity contribution is 0.0949. The Bertz CT molecular complexity index is 1030. The molecule has 29 heavy (non-hydrogen) atoms. The second kappa shape index (κ2) is 8.75. The Morgan fingerprint density at radius 1 is 0.966 bits per heavy atom. The molecule has 0 aliphatic heterocycles. The monoisotopic (exact) mass is 392 g/mol. The van der Waals surface area contributed by atoms with Gasteiger partial charge < -0.3 is 26.1 Å². The van der Waals surface area contributed by atoms with E-state index in [1.54, 1.807) is 54.6 Å². The van der Waals surface area contributed by atoms with Crippen molar-refractivity contribution in [3.05, 3.63) is 83.3 Å². The first-order valence-corrected chi connectivity index (χ1v) is 8.81. The van der Waals surface area contributed by atoms with Gasteiger partial charge in [-0.3, -0.25) is 9.59 Å². The summed E-state index contributed by atoms with van der Waals surface area (Å²) in [6, 6.07) is 14.6. The van der Waals surface area contributed by atoms with Gasteiger partial charge in [0.25, 0.3) is 11.8 Å². The molecule has 0 saturated carbocycles. The predicted octanol–water partition coefficient (Wildman–Crippen LogP) is 3.26. The first-order valence-electron chi connectivity index (χ1n) is 8.81. The van der Waals surface area contributed by atoms with Crippen LogP contribution >= 0.6 is 0 Å². The molecule has 0 aliphatic rings. The summed E-state index contributed by atoms with van der Waals surface area (Å²) in [7, 11) is 0. The number of benzene rings is 2. The molecule has 0 fully saturated rings. The van der Waals surface area contributed by atoms with Crippen LogP contribution in [0.25, 0.3) is 0 Å². The number of aryl methyl sites for hydroxylation is 1. The summed E-state index contributed by atoms with van der Waals surface area (Å²) in [5.41, 5.74) is 8.25. The molecule has 0 radical (unpaired) electrons. The van der Waals surface area contributed by atoms with Gasteiger partial charge in [-0.25, -0.2) is 4.79 Å². The first kappa shape index (κ1) is 19.7. The Labute approximate surface area is 167 Å². The number of furan rings is 1. The fourth-order valence-corrected chi connectivity index (χ4v) is 2.62. The van der Waals surface area contributed by atoms with Crippen molar-refractivity contribution < 1.29 is 18.8 Å². The van der Waals surface area contributed by atoms with E-state index in [4.69, 9.17) is 10.2 Å². The first-order chi connectivity index (χ1) is 13.9. The number of hydrogen-bond acceptors (Lipinski definition) is 4. The van der Waals surface area contributed by atoms with E-state index in [0.717, 1.165) is 11.1 Å². The summed E-state index contributed by atoms with van der Waals surface area (Å²) < 4.78 is 5.08. The molecule has 3 aromatic rings. The third-order valence-electron chi connectivity index (χ3n) is 4.17. The van der Waals surface area contributed by atoms with Gasteiger partial charge in [-0.1, -0.05) is 18.2 Å². The molecular formula is C21H20N4O4. The Morgan fingerprint density at radius 2 is 1.72 bits per heavy atom. The van der Waals surface area contributed by atoms with E-state index in [1.165, 1.54) is 6.26 Å². The number of primary amides is 1. The maximum absolute atomic E-state index is 12.5. The average Bonchev–Trinajstić information content (AvgIpc) is 3.23. The molecule has 2 aromatic carbocycles. The van der Waals surface area contributed by atoms with Gasteiger partial charge in [0.2, 0.25) is 0 Å². The number of amides is 4. The Hall–Kier alpha value is -4.07. The molecule has 8 nitrogen and oxygen atoms in total. The van der Waals surface area contributed by atoms with Gasteiger partial charge in [0, 0.05) is 23.5 Å². The molecule has 0 unspecified atom stereocenters. The van der Waals surface area contributed by atoms with E-state index in [9.17, 15) is 14.4 Å². The van der Waals surface area contributed by atoms with Crippen molar-refractivity contribution >= 4 is 29.2 Å². The maximum atomic E-state index is 12.5. The lowest BCUT2D eigenvalue weighted by atomic mass is 10.1. The number of nitrogens with two attached hydrogens (primary N) is 1. The minimum absolute atomic E-state index is 0.188. The quantitative estimate of drug-likeness (QED) is 0.513. The van der Waals surface area contributed by atoms with Crippen LogP contribution in [-0.4, -0.2) is 17.8 Å². The largest absolute Gasteiger partial charge is 0.459 e. The Morgan fingerprint density at radius 3 is 2.38 bits per heavy atom. The van der Waals surface area contributed by atoms with Crippen molar-refractivity contribution in [2.24, 2.45) is 5.73 Å². The molecule has 3 rings (SSSR count). The van der Waals surface area contributed by atoms with Crippen LogP contribution in [0.5, 0.6) is 0 Å². The van der Waals surface area contributed by atoms with Gasteiger partial charge in [0.05, 0.1) is 6.26 Å². The van der Waals surface area contributed by atoms with E-state index in [0.29, 0.717) is 23.5 Å². The fraction of sp³-hybridized carbons (Fsp3) is 0.0952. The van der Waals surface area contributed by atoms with Crippen LogP contribution in [0.3, 0.4) is 0 Å². The molecule has 0 saturated heterocycles. The highest BCUT2D eigenvalue weighted by Gasteiger charge is 2.13. The normalized spacial score (nSPS) is 10.2. The topological polar surface area (TPSA) is 126 Å². The van der Waals surface area contributed by atoms with Crippen LogP contribution in [-0.2, 0) is 6.54 Å². The third-order valence-corrected chi connectivity index (χ3v) is 4.17. The number of carbonyl (C=O) groups is 3. The number of carbonyl (C=O) groups excluding carboxylic acids is 3. The number of nitrogens with one attached hydrogen (secondary N) is 3. The molecule has 0 spiro atoms. The summed E-state index contributed by atoms with van der Waals surface area (Å²) in [6.45, 7) is 2.14. The van der Waals surface area contributed by atoms with Crippen molar-refractivity contribution in [2.45, 2.75) is 13.5 Å². The van der Waals surface area contributed by atoms with Gasteiger partial charge >= 0.3 is 6.03 Å². The lowest BCUT2D eigenvalue weighted by Gasteiger charge is -2.11. The minimum Gasteiger partial charge on any atom is -0.459 e. The Kier molecular flexibility index (Phi) is 5.94. The summed E-state index contributed by atoms with van der Waals surface area (Å²) in [5.74, 6) is -0.480. The second-order valence-corrected chi connectivity index (χ2v) is 6.33. The average molecular weight is 392 g/mol. The molecule has 1 heterocycles. The molecule has 1 aromatic heterocycles. The highest BCUT2D eigenvalue weighted by molar-refractivity contribution is 6.03. The number of anilines is 2. The highest BCUT2D eigenvalue weighted by atomic mass is 16.3. The van der Waals surface area contributed by atoms with Gasteiger partial charge in [-0.05, 0) is 54.4 Å². The Balaban J connectivity index is 1.63.